The molecule has 0 aliphatic heterocycles. The topological polar surface area (TPSA) is 68.3 Å². The lowest BCUT2D eigenvalue weighted by Gasteiger charge is -1.96. The van der Waals surface area contributed by atoms with Gasteiger partial charge in [-0.25, -0.2) is 5.84 Å². The van der Waals surface area contributed by atoms with E-state index in [1.165, 1.54) is 0 Å². The van der Waals surface area contributed by atoms with E-state index in [4.69, 9.17) is 10.3 Å². The number of halogens is 1. The van der Waals surface area contributed by atoms with Crippen molar-refractivity contribution in [3.63, 3.8) is 0 Å². The number of carbonyl (C=O) groups is 1. The summed E-state index contributed by atoms with van der Waals surface area (Å²) in [6.07, 6.45) is 0. The van der Waals surface area contributed by atoms with Crippen molar-refractivity contribution in [2.75, 3.05) is 0 Å². The van der Waals surface area contributed by atoms with Crippen LogP contribution >= 0.6 is 15.9 Å². The zero-order valence-electron chi connectivity index (χ0n) is 6.77. The third kappa shape index (κ3) is 1.37. The molecule has 0 saturated carbocycles. The molecule has 1 amide bonds. The van der Waals surface area contributed by atoms with Gasteiger partial charge in [0.25, 0.3) is 5.91 Å². The number of hydrogen-bond donors (Lipinski definition) is 2. The van der Waals surface area contributed by atoms with Crippen LogP contribution in [-0.4, -0.2) is 5.91 Å². The molecule has 0 aliphatic carbocycles. The molecule has 1 rings (SSSR count). The van der Waals surface area contributed by atoms with Gasteiger partial charge >= 0.3 is 0 Å². The molecule has 3 N–H and O–H groups in total. The summed E-state index contributed by atoms with van der Waals surface area (Å²) in [4.78, 5) is 11.1. The second kappa shape index (κ2) is 3.28. The van der Waals surface area contributed by atoms with Crippen LogP contribution in [0.5, 0.6) is 0 Å². The molecule has 1 aromatic rings. The minimum Gasteiger partial charge on any atom is -0.465 e. The Morgan fingerprint density at radius 3 is 2.42 bits per heavy atom. The minimum absolute atomic E-state index is 0.351. The zero-order chi connectivity index (χ0) is 9.30. The van der Waals surface area contributed by atoms with Crippen molar-refractivity contribution in [1.82, 2.24) is 5.43 Å². The number of rotatable bonds is 1. The average molecular weight is 233 g/mol. The van der Waals surface area contributed by atoms with Crippen molar-refractivity contribution < 1.29 is 9.21 Å². The molecular weight excluding hydrogens is 224 g/mol. The Morgan fingerprint density at radius 2 is 2.08 bits per heavy atom. The van der Waals surface area contributed by atoms with E-state index in [-0.39, 0.29) is 5.91 Å². The van der Waals surface area contributed by atoms with Gasteiger partial charge in [-0.15, -0.1) is 0 Å². The third-order valence-corrected chi connectivity index (χ3v) is 2.50. The molecule has 0 unspecified atom stereocenters. The molecule has 0 atom stereocenters. The minimum atomic E-state index is -0.351. The number of nitrogen functional groups attached to an aromatic ring is 1. The summed E-state index contributed by atoms with van der Waals surface area (Å²) in [7, 11) is 0. The summed E-state index contributed by atoms with van der Waals surface area (Å²) < 4.78 is 5.86. The predicted molar refractivity (Wildman–Crippen MR) is 47.5 cm³/mol. The molecule has 12 heavy (non-hydrogen) atoms. The van der Waals surface area contributed by atoms with Crippen LogP contribution < -0.4 is 11.3 Å². The number of nitrogens with two attached hydrogens (primary N) is 1. The van der Waals surface area contributed by atoms with Crippen LogP contribution in [-0.2, 0) is 0 Å². The van der Waals surface area contributed by atoms with Gasteiger partial charge in [0.1, 0.15) is 11.5 Å². The van der Waals surface area contributed by atoms with E-state index < -0.39 is 0 Å². The van der Waals surface area contributed by atoms with Crippen molar-refractivity contribution >= 4 is 21.8 Å². The molecule has 0 aromatic carbocycles. The SMILES string of the molecule is Cc1oc(C)c(C(=O)NN)c1Br. The highest BCUT2D eigenvalue weighted by Crippen LogP contribution is 2.26. The Bertz CT molecular complexity index is 319. The fraction of sp³-hybridized carbons (Fsp3) is 0.286. The number of nitrogens with one attached hydrogen (secondary N) is 1. The van der Waals surface area contributed by atoms with Crippen molar-refractivity contribution in [2.45, 2.75) is 13.8 Å². The van der Waals surface area contributed by atoms with Crippen molar-refractivity contribution in [2.24, 2.45) is 5.84 Å². The summed E-state index contributed by atoms with van der Waals surface area (Å²) >= 11 is 3.23. The summed E-state index contributed by atoms with van der Waals surface area (Å²) in [5, 5.41) is 0. The standard InChI is InChI=1S/C7H9BrN2O2/c1-3-5(7(11)10-9)6(8)4(2)12-3/h9H2,1-2H3,(H,10,11). The number of carbonyl (C=O) groups excluding carboxylic acids is 1. The van der Waals surface area contributed by atoms with Crippen molar-refractivity contribution in [3.8, 4) is 0 Å². The Balaban J connectivity index is 3.22. The summed E-state index contributed by atoms with van der Waals surface area (Å²) in [6, 6.07) is 0. The maximum atomic E-state index is 11.1. The van der Waals surface area contributed by atoms with E-state index in [9.17, 15) is 4.79 Å². The van der Waals surface area contributed by atoms with E-state index in [1.807, 2.05) is 5.43 Å². The van der Waals surface area contributed by atoms with Gasteiger partial charge in [0, 0.05) is 0 Å². The normalized spacial score (nSPS) is 10.0. The lowest BCUT2D eigenvalue weighted by atomic mass is 10.2. The number of hydrazine groups is 1. The van der Waals surface area contributed by atoms with Gasteiger partial charge < -0.3 is 4.42 Å². The number of hydrogen-bond acceptors (Lipinski definition) is 3. The largest absolute Gasteiger partial charge is 0.465 e. The lowest BCUT2D eigenvalue weighted by Crippen LogP contribution is -2.30. The maximum absolute atomic E-state index is 11.1. The van der Waals surface area contributed by atoms with E-state index in [0.717, 1.165) is 0 Å². The Labute approximate surface area is 78.2 Å². The number of furan rings is 1. The third-order valence-electron chi connectivity index (χ3n) is 1.54. The second-order valence-electron chi connectivity index (χ2n) is 2.38. The van der Waals surface area contributed by atoms with Gasteiger partial charge in [-0.1, -0.05) is 0 Å². The molecule has 4 nitrogen and oxygen atoms in total. The van der Waals surface area contributed by atoms with Gasteiger partial charge in [-0.2, -0.15) is 0 Å². The number of amides is 1. The van der Waals surface area contributed by atoms with Gasteiger partial charge in [-0.3, -0.25) is 10.2 Å². The second-order valence-corrected chi connectivity index (χ2v) is 3.17. The van der Waals surface area contributed by atoms with E-state index in [1.54, 1.807) is 13.8 Å². The smallest absolute Gasteiger partial charge is 0.269 e. The molecular formula is C7H9BrN2O2. The van der Waals surface area contributed by atoms with Crippen LogP contribution in [0, 0.1) is 13.8 Å². The summed E-state index contributed by atoms with van der Waals surface area (Å²) in [5.74, 6) is 5.87. The Kier molecular flexibility index (Phi) is 2.54. The summed E-state index contributed by atoms with van der Waals surface area (Å²) in [5.41, 5.74) is 2.50. The first kappa shape index (κ1) is 9.28. The Hall–Kier alpha value is -0.810. The molecule has 5 heteroatoms. The summed E-state index contributed by atoms with van der Waals surface area (Å²) in [6.45, 7) is 3.48. The highest BCUT2D eigenvalue weighted by molar-refractivity contribution is 9.10. The molecule has 66 valence electrons. The fourth-order valence-corrected chi connectivity index (χ4v) is 1.53. The first-order valence-corrected chi connectivity index (χ1v) is 4.13. The monoisotopic (exact) mass is 232 g/mol. The van der Waals surface area contributed by atoms with E-state index >= 15 is 0 Å². The van der Waals surface area contributed by atoms with Crippen LogP contribution in [0.3, 0.4) is 0 Å². The van der Waals surface area contributed by atoms with Gasteiger partial charge in [0.2, 0.25) is 0 Å². The van der Waals surface area contributed by atoms with Gasteiger partial charge in [-0.05, 0) is 29.8 Å². The predicted octanol–water partition coefficient (Wildman–Crippen LogP) is 1.26. The van der Waals surface area contributed by atoms with E-state index in [0.29, 0.717) is 21.6 Å². The van der Waals surface area contributed by atoms with Crippen LogP contribution in [0.25, 0.3) is 0 Å². The first-order chi connectivity index (χ1) is 5.57. The molecule has 1 aromatic heterocycles. The molecule has 0 saturated heterocycles. The van der Waals surface area contributed by atoms with Gasteiger partial charge in [0.05, 0.1) is 10.0 Å². The van der Waals surface area contributed by atoms with Crippen molar-refractivity contribution in [1.29, 1.82) is 0 Å². The molecule has 0 aliphatic rings. The van der Waals surface area contributed by atoms with Crippen LogP contribution in [0.2, 0.25) is 0 Å². The Morgan fingerprint density at radius 1 is 1.50 bits per heavy atom. The molecule has 0 bridgehead atoms. The zero-order valence-corrected chi connectivity index (χ0v) is 8.36. The molecule has 1 heterocycles. The fourth-order valence-electron chi connectivity index (χ4n) is 0.988. The van der Waals surface area contributed by atoms with E-state index in [2.05, 4.69) is 15.9 Å². The quantitative estimate of drug-likeness (QED) is 0.436. The highest BCUT2D eigenvalue weighted by Gasteiger charge is 2.18. The van der Waals surface area contributed by atoms with Crippen molar-refractivity contribution in [3.05, 3.63) is 21.6 Å². The average Bonchev–Trinajstić information content (AvgIpc) is 2.26. The molecule has 0 fully saturated rings. The maximum Gasteiger partial charge on any atom is 0.269 e. The van der Waals surface area contributed by atoms with Crippen LogP contribution in [0.1, 0.15) is 21.9 Å². The number of aryl methyl sites for hydroxylation is 2. The van der Waals surface area contributed by atoms with Crippen LogP contribution in [0.4, 0.5) is 0 Å². The first-order valence-electron chi connectivity index (χ1n) is 3.34. The molecule has 0 radical (unpaired) electrons. The van der Waals surface area contributed by atoms with Crippen LogP contribution in [0.15, 0.2) is 8.89 Å². The lowest BCUT2D eigenvalue weighted by molar-refractivity contribution is 0.0951. The highest BCUT2D eigenvalue weighted by atomic mass is 79.9. The molecule has 0 spiro atoms. The van der Waals surface area contributed by atoms with Gasteiger partial charge in [0.15, 0.2) is 0 Å².